The molecule has 5 nitrogen and oxygen atoms in total. The Morgan fingerprint density at radius 1 is 1.69 bits per heavy atom. The van der Waals surface area contributed by atoms with Gasteiger partial charge in [-0.15, -0.1) is 0 Å². The van der Waals surface area contributed by atoms with Crippen LogP contribution in [0.3, 0.4) is 0 Å². The molecule has 0 aromatic carbocycles. The average molecular weight is 229 g/mol. The Kier molecular flexibility index (Phi) is 5.73. The van der Waals surface area contributed by atoms with Gasteiger partial charge in [0.05, 0.1) is 6.61 Å². The van der Waals surface area contributed by atoms with Crippen LogP contribution in [0.4, 0.5) is 0 Å². The Hall–Kier alpha value is -0.650. The Morgan fingerprint density at radius 2 is 2.44 bits per heavy atom. The standard InChI is InChI=1S/C11H23N3O2/c1-14-6-2-3-9(7-14)4-5-13-11(16)10(12)8-15/h9-10,15H,2-8,12H2,1H3,(H,13,16). The molecule has 0 radical (unpaired) electrons. The van der Waals surface area contributed by atoms with Gasteiger partial charge in [0, 0.05) is 13.1 Å². The van der Waals surface area contributed by atoms with E-state index in [2.05, 4.69) is 17.3 Å². The van der Waals surface area contributed by atoms with Gasteiger partial charge in [0.15, 0.2) is 0 Å². The number of nitrogens with zero attached hydrogens (tertiary/aromatic N) is 1. The van der Waals surface area contributed by atoms with Crippen LogP contribution in [0, 0.1) is 5.92 Å². The van der Waals surface area contributed by atoms with Crippen LogP contribution in [0.25, 0.3) is 0 Å². The lowest BCUT2D eigenvalue weighted by Gasteiger charge is -2.29. The highest BCUT2D eigenvalue weighted by molar-refractivity contribution is 5.81. The summed E-state index contributed by atoms with van der Waals surface area (Å²) in [6.07, 6.45) is 3.48. The molecule has 16 heavy (non-hydrogen) atoms. The van der Waals surface area contributed by atoms with Gasteiger partial charge in [-0.1, -0.05) is 0 Å². The molecule has 1 saturated heterocycles. The first kappa shape index (κ1) is 13.4. The van der Waals surface area contributed by atoms with E-state index in [1.165, 1.54) is 19.4 Å². The largest absolute Gasteiger partial charge is 0.394 e. The van der Waals surface area contributed by atoms with Gasteiger partial charge in [0.2, 0.25) is 5.91 Å². The van der Waals surface area contributed by atoms with Crippen molar-refractivity contribution in [3.63, 3.8) is 0 Å². The number of aliphatic hydroxyl groups excluding tert-OH is 1. The molecule has 0 spiro atoms. The summed E-state index contributed by atoms with van der Waals surface area (Å²) in [5.74, 6) is 0.413. The molecule has 1 aliphatic heterocycles. The van der Waals surface area contributed by atoms with Gasteiger partial charge in [0.25, 0.3) is 0 Å². The number of carbonyl (C=O) groups is 1. The molecule has 5 heteroatoms. The van der Waals surface area contributed by atoms with Gasteiger partial charge in [-0.05, 0) is 38.8 Å². The minimum absolute atomic E-state index is 0.258. The second-order valence-corrected chi connectivity index (χ2v) is 4.64. The molecule has 1 fully saturated rings. The monoisotopic (exact) mass is 229 g/mol. The van der Waals surface area contributed by atoms with E-state index in [-0.39, 0.29) is 12.5 Å². The maximum absolute atomic E-state index is 11.3. The van der Waals surface area contributed by atoms with Crippen molar-refractivity contribution in [3.05, 3.63) is 0 Å². The number of aliphatic hydroxyl groups is 1. The van der Waals surface area contributed by atoms with Crippen molar-refractivity contribution in [3.8, 4) is 0 Å². The highest BCUT2D eigenvalue weighted by Crippen LogP contribution is 2.17. The Labute approximate surface area is 97.0 Å². The van der Waals surface area contributed by atoms with E-state index in [0.717, 1.165) is 13.0 Å². The summed E-state index contributed by atoms with van der Waals surface area (Å²) in [5, 5.41) is 11.4. The van der Waals surface area contributed by atoms with Crippen molar-refractivity contribution in [1.29, 1.82) is 0 Å². The van der Waals surface area contributed by atoms with E-state index >= 15 is 0 Å². The van der Waals surface area contributed by atoms with Crippen molar-refractivity contribution < 1.29 is 9.90 Å². The molecular formula is C11H23N3O2. The van der Waals surface area contributed by atoms with Crippen molar-refractivity contribution in [2.24, 2.45) is 11.7 Å². The van der Waals surface area contributed by atoms with Gasteiger partial charge in [-0.3, -0.25) is 4.79 Å². The zero-order chi connectivity index (χ0) is 12.0. The topological polar surface area (TPSA) is 78.6 Å². The normalized spacial score (nSPS) is 24.1. The maximum Gasteiger partial charge on any atom is 0.239 e. The maximum atomic E-state index is 11.3. The van der Waals surface area contributed by atoms with E-state index in [1.54, 1.807) is 0 Å². The van der Waals surface area contributed by atoms with Gasteiger partial charge in [0.1, 0.15) is 6.04 Å². The zero-order valence-corrected chi connectivity index (χ0v) is 9.98. The molecule has 1 rings (SSSR count). The first-order valence-corrected chi connectivity index (χ1v) is 5.96. The van der Waals surface area contributed by atoms with E-state index in [9.17, 15) is 4.79 Å². The second kappa shape index (κ2) is 6.83. The minimum atomic E-state index is -0.783. The van der Waals surface area contributed by atoms with E-state index in [0.29, 0.717) is 12.5 Å². The predicted octanol–water partition coefficient (Wildman–Crippen LogP) is -0.846. The van der Waals surface area contributed by atoms with Crippen molar-refractivity contribution >= 4 is 5.91 Å². The van der Waals surface area contributed by atoms with Gasteiger partial charge >= 0.3 is 0 Å². The van der Waals surface area contributed by atoms with Crippen molar-refractivity contribution in [1.82, 2.24) is 10.2 Å². The smallest absolute Gasteiger partial charge is 0.239 e. The number of piperidine rings is 1. The van der Waals surface area contributed by atoms with Crippen LogP contribution < -0.4 is 11.1 Å². The lowest BCUT2D eigenvalue weighted by molar-refractivity contribution is -0.123. The second-order valence-electron chi connectivity index (χ2n) is 4.64. The summed E-state index contributed by atoms with van der Waals surface area (Å²) in [6.45, 7) is 2.66. The first-order valence-electron chi connectivity index (χ1n) is 5.96. The molecule has 0 saturated carbocycles. The number of nitrogens with one attached hydrogen (secondary N) is 1. The molecule has 0 aliphatic carbocycles. The van der Waals surface area contributed by atoms with Crippen molar-refractivity contribution in [2.45, 2.75) is 25.3 Å². The quantitative estimate of drug-likeness (QED) is 0.574. The number of hydrogen-bond donors (Lipinski definition) is 3. The number of nitrogens with two attached hydrogens (primary N) is 1. The van der Waals surface area contributed by atoms with Crippen molar-refractivity contribution in [2.75, 3.05) is 33.3 Å². The zero-order valence-electron chi connectivity index (χ0n) is 9.98. The van der Waals surface area contributed by atoms with Gasteiger partial charge < -0.3 is 21.1 Å². The fourth-order valence-corrected chi connectivity index (χ4v) is 2.12. The summed E-state index contributed by atoms with van der Waals surface area (Å²) in [5.41, 5.74) is 5.39. The van der Waals surface area contributed by atoms with Crippen LogP contribution >= 0.6 is 0 Å². The van der Waals surface area contributed by atoms with Gasteiger partial charge in [-0.25, -0.2) is 0 Å². The Bertz CT molecular complexity index is 223. The number of carbonyl (C=O) groups excluding carboxylic acids is 1. The summed E-state index contributed by atoms with van der Waals surface area (Å²) in [6, 6.07) is -0.783. The van der Waals surface area contributed by atoms with Crippen LogP contribution in [-0.4, -0.2) is 55.2 Å². The fraction of sp³-hybridized carbons (Fsp3) is 0.909. The molecule has 1 heterocycles. The summed E-state index contributed by atoms with van der Waals surface area (Å²) >= 11 is 0. The highest BCUT2D eigenvalue weighted by atomic mass is 16.3. The van der Waals surface area contributed by atoms with Crippen LogP contribution in [0.2, 0.25) is 0 Å². The van der Waals surface area contributed by atoms with Crippen LogP contribution in [0.5, 0.6) is 0 Å². The van der Waals surface area contributed by atoms with E-state index < -0.39 is 6.04 Å². The van der Waals surface area contributed by atoms with Crippen LogP contribution in [-0.2, 0) is 4.79 Å². The molecule has 94 valence electrons. The predicted molar refractivity (Wildman–Crippen MR) is 62.9 cm³/mol. The molecule has 0 bridgehead atoms. The molecule has 0 aromatic rings. The highest BCUT2D eigenvalue weighted by Gasteiger charge is 2.17. The fourth-order valence-electron chi connectivity index (χ4n) is 2.12. The third kappa shape index (κ3) is 4.47. The minimum Gasteiger partial charge on any atom is -0.394 e. The van der Waals surface area contributed by atoms with E-state index in [1.807, 2.05) is 0 Å². The number of amides is 1. The number of rotatable bonds is 5. The number of hydrogen-bond acceptors (Lipinski definition) is 4. The Balaban J connectivity index is 2.12. The molecular weight excluding hydrogens is 206 g/mol. The number of likely N-dealkylation sites (tertiary alicyclic amines) is 1. The molecule has 1 aliphatic rings. The Morgan fingerprint density at radius 3 is 3.06 bits per heavy atom. The summed E-state index contributed by atoms with van der Waals surface area (Å²) in [4.78, 5) is 13.6. The van der Waals surface area contributed by atoms with Crippen LogP contribution in [0.1, 0.15) is 19.3 Å². The SMILES string of the molecule is CN1CCCC(CCNC(=O)C(N)CO)C1. The van der Waals surface area contributed by atoms with Crippen LogP contribution in [0.15, 0.2) is 0 Å². The molecule has 1 amide bonds. The third-order valence-corrected chi connectivity index (χ3v) is 3.11. The summed E-state index contributed by atoms with van der Waals surface area (Å²) in [7, 11) is 2.13. The van der Waals surface area contributed by atoms with E-state index in [4.69, 9.17) is 10.8 Å². The molecule has 0 aromatic heterocycles. The van der Waals surface area contributed by atoms with Gasteiger partial charge in [-0.2, -0.15) is 0 Å². The molecule has 2 unspecified atom stereocenters. The first-order chi connectivity index (χ1) is 7.63. The summed E-state index contributed by atoms with van der Waals surface area (Å²) < 4.78 is 0. The molecule has 4 N–H and O–H groups in total. The lowest BCUT2D eigenvalue weighted by atomic mass is 9.95. The average Bonchev–Trinajstić information content (AvgIpc) is 2.28. The third-order valence-electron chi connectivity index (χ3n) is 3.11. The lowest BCUT2D eigenvalue weighted by Crippen LogP contribution is -2.44. The molecule has 2 atom stereocenters.